The summed E-state index contributed by atoms with van der Waals surface area (Å²) in [7, 11) is 0. The zero-order chi connectivity index (χ0) is 14.8. The predicted molar refractivity (Wildman–Crippen MR) is 80.5 cm³/mol. The van der Waals surface area contributed by atoms with E-state index < -0.39 is 0 Å². The van der Waals surface area contributed by atoms with Crippen LogP contribution >= 0.6 is 0 Å². The Morgan fingerprint density at radius 1 is 1.24 bits per heavy atom. The number of nitrogens with one attached hydrogen (secondary N) is 1. The molecule has 3 rings (SSSR count). The summed E-state index contributed by atoms with van der Waals surface area (Å²) < 4.78 is 19.1. The SMILES string of the molecule is CCOc1ccc2c(c1)NC(=O)/C2=C/c1ccccc1F. The number of fused-ring (bicyclic) bond motifs is 1. The average Bonchev–Trinajstić information content (AvgIpc) is 2.77. The van der Waals surface area contributed by atoms with Gasteiger partial charge in [-0.3, -0.25) is 4.79 Å². The highest BCUT2D eigenvalue weighted by molar-refractivity contribution is 6.35. The molecule has 0 aliphatic carbocycles. The predicted octanol–water partition coefficient (Wildman–Crippen LogP) is 3.72. The third-order valence-corrected chi connectivity index (χ3v) is 3.29. The van der Waals surface area contributed by atoms with Crippen LogP contribution < -0.4 is 10.1 Å². The molecule has 0 atom stereocenters. The molecule has 0 unspecified atom stereocenters. The number of amides is 1. The van der Waals surface area contributed by atoms with Crippen molar-refractivity contribution in [2.24, 2.45) is 0 Å². The molecule has 1 heterocycles. The Bertz CT molecular complexity index is 737. The fourth-order valence-electron chi connectivity index (χ4n) is 2.32. The van der Waals surface area contributed by atoms with Crippen molar-refractivity contribution >= 4 is 23.2 Å². The Morgan fingerprint density at radius 2 is 2.05 bits per heavy atom. The Labute approximate surface area is 122 Å². The summed E-state index contributed by atoms with van der Waals surface area (Å²) in [4.78, 5) is 12.1. The Kier molecular flexibility index (Phi) is 3.44. The van der Waals surface area contributed by atoms with Crippen molar-refractivity contribution in [3.63, 3.8) is 0 Å². The minimum absolute atomic E-state index is 0.234. The van der Waals surface area contributed by atoms with Crippen LogP contribution in [-0.4, -0.2) is 12.5 Å². The molecule has 0 spiro atoms. The number of carbonyl (C=O) groups is 1. The van der Waals surface area contributed by atoms with Gasteiger partial charge in [0.2, 0.25) is 0 Å². The Balaban J connectivity index is 2.03. The fourth-order valence-corrected chi connectivity index (χ4v) is 2.32. The lowest BCUT2D eigenvalue weighted by atomic mass is 10.0. The summed E-state index contributed by atoms with van der Waals surface area (Å²) in [6, 6.07) is 11.8. The number of hydrogen-bond acceptors (Lipinski definition) is 2. The van der Waals surface area contributed by atoms with Gasteiger partial charge < -0.3 is 10.1 Å². The Hall–Kier alpha value is -2.62. The number of halogens is 1. The average molecular weight is 283 g/mol. The van der Waals surface area contributed by atoms with E-state index >= 15 is 0 Å². The monoisotopic (exact) mass is 283 g/mol. The van der Waals surface area contributed by atoms with E-state index in [1.54, 1.807) is 36.4 Å². The van der Waals surface area contributed by atoms with Crippen molar-refractivity contribution in [2.75, 3.05) is 11.9 Å². The van der Waals surface area contributed by atoms with Crippen molar-refractivity contribution in [1.29, 1.82) is 0 Å². The molecule has 1 aliphatic rings. The number of benzene rings is 2. The molecule has 21 heavy (non-hydrogen) atoms. The lowest BCUT2D eigenvalue weighted by Gasteiger charge is -2.05. The highest BCUT2D eigenvalue weighted by atomic mass is 19.1. The second kappa shape index (κ2) is 5.40. The molecule has 1 aliphatic heterocycles. The van der Waals surface area contributed by atoms with Crippen molar-refractivity contribution in [3.05, 3.63) is 59.4 Å². The zero-order valence-corrected chi connectivity index (χ0v) is 11.5. The molecule has 0 radical (unpaired) electrons. The third kappa shape index (κ3) is 2.52. The van der Waals surface area contributed by atoms with E-state index in [1.165, 1.54) is 6.07 Å². The molecule has 1 N–H and O–H groups in total. The van der Waals surface area contributed by atoms with Gasteiger partial charge in [0, 0.05) is 22.8 Å². The number of carbonyl (C=O) groups excluding carboxylic acids is 1. The van der Waals surface area contributed by atoms with Crippen molar-refractivity contribution in [2.45, 2.75) is 6.92 Å². The molecule has 4 heteroatoms. The van der Waals surface area contributed by atoms with E-state index in [0.717, 1.165) is 5.56 Å². The van der Waals surface area contributed by atoms with Crippen LogP contribution in [0.2, 0.25) is 0 Å². The molecule has 1 amide bonds. The molecular formula is C17H14FNO2. The molecule has 0 saturated carbocycles. The van der Waals surface area contributed by atoms with Crippen LogP contribution in [0.25, 0.3) is 11.6 Å². The van der Waals surface area contributed by atoms with E-state index in [0.29, 0.717) is 29.2 Å². The third-order valence-electron chi connectivity index (χ3n) is 3.29. The van der Waals surface area contributed by atoms with E-state index in [-0.39, 0.29) is 11.7 Å². The molecule has 2 aromatic carbocycles. The van der Waals surface area contributed by atoms with Gasteiger partial charge in [0.25, 0.3) is 5.91 Å². The van der Waals surface area contributed by atoms with Crippen molar-refractivity contribution in [1.82, 2.24) is 0 Å². The topological polar surface area (TPSA) is 38.3 Å². The smallest absolute Gasteiger partial charge is 0.256 e. The molecule has 0 saturated heterocycles. The molecule has 106 valence electrons. The highest BCUT2D eigenvalue weighted by Gasteiger charge is 2.24. The quantitative estimate of drug-likeness (QED) is 0.872. The summed E-state index contributed by atoms with van der Waals surface area (Å²) >= 11 is 0. The first-order valence-electron chi connectivity index (χ1n) is 6.74. The van der Waals surface area contributed by atoms with E-state index in [1.807, 2.05) is 13.0 Å². The van der Waals surface area contributed by atoms with Crippen LogP contribution in [0.4, 0.5) is 10.1 Å². The first kappa shape index (κ1) is 13.4. The summed E-state index contributed by atoms with van der Waals surface area (Å²) in [5, 5.41) is 2.78. The largest absolute Gasteiger partial charge is 0.494 e. The maximum Gasteiger partial charge on any atom is 0.256 e. The second-order valence-corrected chi connectivity index (χ2v) is 4.67. The fraction of sp³-hybridized carbons (Fsp3) is 0.118. The van der Waals surface area contributed by atoms with Crippen LogP contribution in [0, 0.1) is 5.82 Å². The van der Waals surface area contributed by atoms with Gasteiger partial charge in [0.05, 0.1) is 12.3 Å². The lowest BCUT2D eigenvalue weighted by molar-refractivity contribution is -0.110. The molecular weight excluding hydrogens is 269 g/mol. The first-order valence-corrected chi connectivity index (χ1v) is 6.74. The van der Waals surface area contributed by atoms with Crippen LogP contribution in [0.3, 0.4) is 0 Å². The number of rotatable bonds is 3. The zero-order valence-electron chi connectivity index (χ0n) is 11.5. The molecule has 0 bridgehead atoms. The molecule has 0 fully saturated rings. The van der Waals surface area contributed by atoms with Crippen LogP contribution in [-0.2, 0) is 4.79 Å². The Morgan fingerprint density at radius 3 is 2.81 bits per heavy atom. The van der Waals surface area contributed by atoms with Crippen LogP contribution in [0.15, 0.2) is 42.5 Å². The van der Waals surface area contributed by atoms with Gasteiger partial charge in [-0.1, -0.05) is 18.2 Å². The van der Waals surface area contributed by atoms with Gasteiger partial charge in [-0.25, -0.2) is 4.39 Å². The van der Waals surface area contributed by atoms with Crippen molar-refractivity contribution in [3.8, 4) is 5.75 Å². The number of anilines is 1. The maximum atomic E-state index is 13.7. The van der Waals surface area contributed by atoms with Gasteiger partial charge in [0.15, 0.2) is 0 Å². The lowest BCUT2D eigenvalue weighted by Crippen LogP contribution is -2.03. The minimum atomic E-state index is -0.350. The minimum Gasteiger partial charge on any atom is -0.494 e. The molecule has 3 nitrogen and oxygen atoms in total. The summed E-state index contributed by atoms with van der Waals surface area (Å²) in [6.07, 6.45) is 1.57. The molecule has 0 aromatic heterocycles. The van der Waals surface area contributed by atoms with E-state index in [4.69, 9.17) is 4.74 Å². The summed E-state index contributed by atoms with van der Waals surface area (Å²) in [5.41, 5.74) is 2.29. The van der Waals surface area contributed by atoms with Crippen LogP contribution in [0.5, 0.6) is 5.75 Å². The van der Waals surface area contributed by atoms with Gasteiger partial charge in [-0.15, -0.1) is 0 Å². The van der Waals surface area contributed by atoms with Gasteiger partial charge in [-0.05, 0) is 31.2 Å². The number of hydrogen-bond donors (Lipinski definition) is 1. The van der Waals surface area contributed by atoms with Gasteiger partial charge in [-0.2, -0.15) is 0 Å². The van der Waals surface area contributed by atoms with Crippen molar-refractivity contribution < 1.29 is 13.9 Å². The number of ether oxygens (including phenoxy) is 1. The van der Waals surface area contributed by atoms with Gasteiger partial charge >= 0.3 is 0 Å². The second-order valence-electron chi connectivity index (χ2n) is 4.67. The summed E-state index contributed by atoms with van der Waals surface area (Å²) in [5.74, 6) is 0.114. The van der Waals surface area contributed by atoms with E-state index in [2.05, 4.69) is 5.32 Å². The maximum absolute atomic E-state index is 13.7. The molecule has 2 aromatic rings. The van der Waals surface area contributed by atoms with E-state index in [9.17, 15) is 9.18 Å². The highest BCUT2D eigenvalue weighted by Crippen LogP contribution is 2.35. The van der Waals surface area contributed by atoms with Crippen LogP contribution in [0.1, 0.15) is 18.1 Å². The standard InChI is InChI=1S/C17H14FNO2/c1-2-21-12-7-8-13-14(17(20)19-16(13)10-12)9-11-5-3-4-6-15(11)18/h3-10H,2H2,1H3,(H,19,20)/b14-9+. The van der Waals surface area contributed by atoms with Gasteiger partial charge in [0.1, 0.15) is 11.6 Å². The summed E-state index contributed by atoms with van der Waals surface area (Å²) in [6.45, 7) is 2.46. The first-order chi connectivity index (χ1) is 10.2. The normalized spacial score (nSPS) is 15.0.